The lowest BCUT2D eigenvalue weighted by molar-refractivity contribution is 0.360. The van der Waals surface area contributed by atoms with Crippen molar-refractivity contribution in [3.8, 4) is 5.75 Å². The van der Waals surface area contributed by atoms with Crippen molar-refractivity contribution in [3.05, 3.63) is 65.5 Å². The first-order valence-electron chi connectivity index (χ1n) is 6.64. The molecule has 22 heavy (non-hydrogen) atoms. The highest BCUT2D eigenvalue weighted by molar-refractivity contribution is 8.01. The molecular formula is C16H13NO3S2. The van der Waals surface area contributed by atoms with Gasteiger partial charge in [0.2, 0.25) is 0 Å². The quantitative estimate of drug-likeness (QED) is 0.804. The van der Waals surface area contributed by atoms with Crippen molar-refractivity contribution in [2.24, 2.45) is 0 Å². The standard InChI is InChI=1S/C16H13NO3S2/c1-17-11-20-12-7-8-14-15(10-22(18,19)16(14)9-12)21-13-5-3-2-4-6-13/h2-9,15H,10-11H2. The van der Waals surface area contributed by atoms with E-state index in [2.05, 4.69) is 4.85 Å². The van der Waals surface area contributed by atoms with Gasteiger partial charge in [0.1, 0.15) is 5.75 Å². The van der Waals surface area contributed by atoms with Crippen molar-refractivity contribution < 1.29 is 13.2 Å². The predicted molar refractivity (Wildman–Crippen MR) is 85.6 cm³/mol. The van der Waals surface area contributed by atoms with Crippen molar-refractivity contribution in [2.75, 3.05) is 12.5 Å². The van der Waals surface area contributed by atoms with Gasteiger partial charge in [-0.25, -0.2) is 15.0 Å². The van der Waals surface area contributed by atoms with E-state index in [9.17, 15) is 8.42 Å². The Bertz CT molecular complexity index is 826. The van der Waals surface area contributed by atoms with Gasteiger partial charge >= 0.3 is 6.73 Å². The van der Waals surface area contributed by atoms with E-state index >= 15 is 0 Å². The molecule has 0 bridgehead atoms. The fourth-order valence-corrected chi connectivity index (χ4v) is 5.87. The second-order valence-electron chi connectivity index (χ2n) is 4.83. The Balaban J connectivity index is 1.92. The molecule has 2 aromatic carbocycles. The molecule has 1 unspecified atom stereocenters. The normalized spacial score (nSPS) is 18.4. The molecule has 1 heterocycles. The summed E-state index contributed by atoms with van der Waals surface area (Å²) in [5.74, 6) is 0.512. The Morgan fingerprint density at radius 3 is 2.73 bits per heavy atom. The van der Waals surface area contributed by atoms with Crippen LogP contribution in [0.15, 0.2) is 58.3 Å². The number of thioether (sulfide) groups is 1. The van der Waals surface area contributed by atoms with E-state index in [4.69, 9.17) is 11.3 Å². The molecule has 0 saturated heterocycles. The zero-order valence-electron chi connectivity index (χ0n) is 11.6. The third-order valence-corrected chi connectivity index (χ3v) is 6.61. The molecule has 0 spiro atoms. The highest BCUT2D eigenvalue weighted by atomic mass is 32.2. The Morgan fingerprint density at radius 1 is 1.23 bits per heavy atom. The zero-order chi connectivity index (χ0) is 15.6. The molecule has 0 aliphatic carbocycles. The van der Waals surface area contributed by atoms with Crippen LogP contribution in [0.4, 0.5) is 0 Å². The molecule has 4 nitrogen and oxygen atoms in total. The summed E-state index contributed by atoms with van der Waals surface area (Å²) in [6, 6.07) is 14.8. The highest BCUT2D eigenvalue weighted by Gasteiger charge is 2.35. The lowest BCUT2D eigenvalue weighted by Crippen LogP contribution is -2.01. The molecular weight excluding hydrogens is 318 g/mol. The molecule has 3 rings (SSSR count). The molecule has 1 aliphatic rings. The maximum absolute atomic E-state index is 12.4. The smallest absolute Gasteiger partial charge is 0.357 e. The molecule has 112 valence electrons. The monoisotopic (exact) mass is 331 g/mol. The molecule has 0 amide bonds. The van der Waals surface area contributed by atoms with Crippen LogP contribution in [0, 0.1) is 6.57 Å². The van der Waals surface area contributed by atoms with Gasteiger partial charge < -0.3 is 4.74 Å². The van der Waals surface area contributed by atoms with Crippen molar-refractivity contribution in [1.29, 1.82) is 0 Å². The van der Waals surface area contributed by atoms with Crippen LogP contribution in [0.25, 0.3) is 4.85 Å². The summed E-state index contributed by atoms with van der Waals surface area (Å²) in [5, 5.41) is -0.114. The van der Waals surface area contributed by atoms with Crippen molar-refractivity contribution in [2.45, 2.75) is 15.0 Å². The predicted octanol–water partition coefficient (Wildman–Crippen LogP) is 3.56. The molecule has 0 aromatic heterocycles. The number of ether oxygens (including phenoxy) is 1. The first-order valence-corrected chi connectivity index (χ1v) is 9.18. The van der Waals surface area contributed by atoms with Crippen LogP contribution in [-0.4, -0.2) is 20.9 Å². The van der Waals surface area contributed by atoms with Crippen molar-refractivity contribution >= 4 is 21.6 Å². The third-order valence-electron chi connectivity index (χ3n) is 3.36. The molecule has 1 aliphatic heterocycles. The summed E-state index contributed by atoms with van der Waals surface area (Å²) in [5.41, 5.74) is 0.809. The van der Waals surface area contributed by atoms with Crippen LogP contribution in [-0.2, 0) is 9.84 Å². The van der Waals surface area contributed by atoms with Crippen LogP contribution in [0.3, 0.4) is 0 Å². The molecule has 0 fully saturated rings. The van der Waals surface area contributed by atoms with E-state index in [0.29, 0.717) is 10.6 Å². The number of hydrogen-bond donors (Lipinski definition) is 0. The number of rotatable bonds is 4. The maximum atomic E-state index is 12.4. The minimum atomic E-state index is -3.30. The Hall–Kier alpha value is -1.97. The van der Waals surface area contributed by atoms with Crippen LogP contribution in [0.5, 0.6) is 5.75 Å². The second kappa shape index (κ2) is 6.03. The Labute approximate surface area is 133 Å². The van der Waals surface area contributed by atoms with Gasteiger partial charge in [-0.3, -0.25) is 4.85 Å². The summed E-state index contributed by atoms with van der Waals surface area (Å²) < 4.78 is 29.9. The summed E-state index contributed by atoms with van der Waals surface area (Å²) >= 11 is 1.55. The van der Waals surface area contributed by atoms with Gasteiger partial charge in [0.25, 0.3) is 0 Å². The number of fused-ring (bicyclic) bond motifs is 1. The minimum absolute atomic E-state index is 0.0914. The summed E-state index contributed by atoms with van der Waals surface area (Å²) in [7, 11) is -3.30. The minimum Gasteiger partial charge on any atom is -0.426 e. The zero-order valence-corrected chi connectivity index (χ0v) is 13.2. The Kier molecular flexibility index (Phi) is 4.10. The molecule has 0 saturated carbocycles. The van der Waals surface area contributed by atoms with Crippen LogP contribution < -0.4 is 4.74 Å². The van der Waals surface area contributed by atoms with Crippen LogP contribution in [0.2, 0.25) is 0 Å². The Morgan fingerprint density at radius 2 is 2.00 bits per heavy atom. The van der Waals surface area contributed by atoms with E-state index in [0.717, 1.165) is 10.5 Å². The highest BCUT2D eigenvalue weighted by Crippen LogP contribution is 2.45. The topological polar surface area (TPSA) is 47.7 Å². The van der Waals surface area contributed by atoms with E-state index in [1.165, 1.54) is 6.07 Å². The van der Waals surface area contributed by atoms with E-state index < -0.39 is 9.84 Å². The van der Waals surface area contributed by atoms with Gasteiger partial charge in [-0.15, -0.1) is 11.8 Å². The first kappa shape index (κ1) is 14.9. The van der Waals surface area contributed by atoms with Gasteiger partial charge in [-0.1, -0.05) is 24.3 Å². The largest absolute Gasteiger partial charge is 0.426 e. The average molecular weight is 331 g/mol. The fourth-order valence-electron chi connectivity index (χ4n) is 2.39. The van der Waals surface area contributed by atoms with Gasteiger partial charge in [0.15, 0.2) is 9.84 Å². The van der Waals surface area contributed by atoms with Crippen LogP contribution in [0.1, 0.15) is 10.8 Å². The second-order valence-corrected chi connectivity index (χ2v) is 8.11. The summed E-state index contributed by atoms with van der Waals surface area (Å²) in [4.78, 5) is 4.47. The lowest BCUT2D eigenvalue weighted by Gasteiger charge is -2.10. The third kappa shape index (κ3) is 2.96. The fraction of sp³-hybridized carbons (Fsp3) is 0.188. The van der Waals surface area contributed by atoms with E-state index in [1.54, 1.807) is 23.9 Å². The molecule has 1 atom stereocenters. The van der Waals surface area contributed by atoms with Gasteiger partial charge in [0.05, 0.1) is 15.9 Å². The SMILES string of the molecule is [C-]#[N+]COc1ccc2c(c1)S(=O)(=O)CC2Sc1ccccc1. The molecule has 6 heteroatoms. The van der Waals surface area contributed by atoms with E-state index in [1.807, 2.05) is 30.3 Å². The summed E-state index contributed by atoms with van der Waals surface area (Å²) in [6.07, 6.45) is 0. The average Bonchev–Trinajstić information content (AvgIpc) is 2.77. The number of benzene rings is 2. The first-order chi connectivity index (χ1) is 10.6. The number of hydrogen-bond acceptors (Lipinski definition) is 4. The van der Waals surface area contributed by atoms with Gasteiger partial charge in [0, 0.05) is 4.90 Å². The number of sulfone groups is 1. The molecule has 0 radical (unpaired) electrons. The van der Waals surface area contributed by atoms with Crippen molar-refractivity contribution in [3.63, 3.8) is 0 Å². The maximum Gasteiger partial charge on any atom is 0.357 e. The van der Waals surface area contributed by atoms with Gasteiger partial charge in [-0.05, 0) is 29.8 Å². The van der Waals surface area contributed by atoms with E-state index in [-0.39, 0.29) is 17.7 Å². The van der Waals surface area contributed by atoms with Crippen molar-refractivity contribution in [1.82, 2.24) is 0 Å². The van der Waals surface area contributed by atoms with Gasteiger partial charge in [-0.2, -0.15) is 0 Å². The molecule has 2 aromatic rings. The lowest BCUT2D eigenvalue weighted by atomic mass is 10.1. The molecule has 0 N–H and O–H groups in total. The summed E-state index contributed by atoms with van der Waals surface area (Å²) in [6.45, 7) is 6.61. The van der Waals surface area contributed by atoms with Crippen LogP contribution >= 0.6 is 11.8 Å². The number of nitrogens with zero attached hydrogens (tertiary/aromatic N) is 1.